The van der Waals surface area contributed by atoms with E-state index in [0.717, 1.165) is 27.4 Å². The number of nitrogens with zero attached hydrogens (tertiary/aromatic N) is 4. The van der Waals surface area contributed by atoms with Gasteiger partial charge in [0, 0.05) is 62.0 Å². The fraction of sp³-hybridized carbons (Fsp3) is 0.308. The summed E-state index contributed by atoms with van der Waals surface area (Å²) < 4.78 is 0. The zero-order chi connectivity index (χ0) is 24.4. The number of carbonyl (C=O) groups is 2. The molecule has 1 unspecified atom stereocenters. The fourth-order valence-electron chi connectivity index (χ4n) is 4.73. The number of hydrogen-bond donors (Lipinski definition) is 3. The van der Waals surface area contributed by atoms with Crippen LogP contribution in [0, 0.1) is 0 Å². The first-order chi connectivity index (χ1) is 17.0. The molecular weight excluding hydrogens is 442 g/mol. The van der Waals surface area contributed by atoms with E-state index in [-0.39, 0.29) is 11.8 Å². The van der Waals surface area contributed by atoms with E-state index in [2.05, 4.69) is 25.2 Å². The number of piperazine rings is 1. The van der Waals surface area contributed by atoms with Gasteiger partial charge in [0.05, 0.1) is 12.1 Å². The molecule has 2 aromatic carbocycles. The van der Waals surface area contributed by atoms with Crippen LogP contribution in [-0.4, -0.2) is 68.8 Å². The third-order valence-corrected chi connectivity index (χ3v) is 6.50. The highest BCUT2D eigenvalue weighted by Gasteiger charge is 2.29. The van der Waals surface area contributed by atoms with Gasteiger partial charge in [-0.25, -0.2) is 9.97 Å². The van der Waals surface area contributed by atoms with E-state index >= 15 is 0 Å². The van der Waals surface area contributed by atoms with E-state index in [9.17, 15) is 9.59 Å². The third-order valence-electron chi connectivity index (χ3n) is 6.50. The van der Waals surface area contributed by atoms with Crippen LogP contribution in [-0.2, 0) is 22.6 Å². The molecule has 0 spiro atoms. The van der Waals surface area contributed by atoms with Gasteiger partial charge in [0.15, 0.2) is 0 Å². The summed E-state index contributed by atoms with van der Waals surface area (Å²) in [6.45, 7) is 4.56. The molecule has 35 heavy (non-hydrogen) atoms. The molecule has 5 rings (SSSR count). The maximum Gasteiger partial charge on any atom is 0.245 e. The van der Waals surface area contributed by atoms with E-state index in [1.807, 2.05) is 59.6 Å². The molecule has 1 aliphatic heterocycles. The molecular formula is C26H29N7O2. The highest BCUT2D eigenvalue weighted by Crippen LogP contribution is 2.21. The first kappa shape index (κ1) is 22.8. The molecule has 3 heterocycles. The fourth-order valence-corrected chi connectivity index (χ4v) is 4.73. The van der Waals surface area contributed by atoms with Crippen molar-refractivity contribution in [2.75, 3.05) is 31.9 Å². The number of benzene rings is 2. The Morgan fingerprint density at radius 1 is 1.03 bits per heavy atom. The number of nitrogen functional groups attached to an aromatic ring is 1. The van der Waals surface area contributed by atoms with Crippen molar-refractivity contribution in [1.82, 2.24) is 30.1 Å². The number of nitrogens with one attached hydrogen (secondary N) is 2. The van der Waals surface area contributed by atoms with Crippen molar-refractivity contribution in [3.8, 4) is 0 Å². The highest BCUT2D eigenvalue weighted by molar-refractivity contribution is 5.89. The number of nitrogens with two attached hydrogens (primary N) is 1. The lowest BCUT2D eigenvalue weighted by molar-refractivity contribution is -0.137. The minimum atomic E-state index is -0.609. The van der Waals surface area contributed by atoms with E-state index in [0.29, 0.717) is 50.8 Å². The Labute approximate surface area is 203 Å². The average molecular weight is 472 g/mol. The summed E-state index contributed by atoms with van der Waals surface area (Å²) in [5.41, 5.74) is 8.99. The first-order valence-electron chi connectivity index (χ1n) is 11.8. The second-order valence-corrected chi connectivity index (χ2v) is 8.96. The van der Waals surface area contributed by atoms with E-state index in [4.69, 9.17) is 5.73 Å². The minimum absolute atomic E-state index is 0.0590. The van der Waals surface area contributed by atoms with Crippen LogP contribution < -0.4 is 11.1 Å². The molecule has 1 fully saturated rings. The number of aromatic nitrogens is 3. The van der Waals surface area contributed by atoms with Gasteiger partial charge in [-0.05, 0) is 23.8 Å². The van der Waals surface area contributed by atoms with Gasteiger partial charge < -0.3 is 20.9 Å². The largest absolute Gasteiger partial charge is 0.383 e. The van der Waals surface area contributed by atoms with Crippen molar-refractivity contribution >= 4 is 39.4 Å². The summed E-state index contributed by atoms with van der Waals surface area (Å²) in [6, 6.07) is 15.1. The maximum absolute atomic E-state index is 13.4. The van der Waals surface area contributed by atoms with Crippen LogP contribution in [0.5, 0.6) is 0 Å². The van der Waals surface area contributed by atoms with Gasteiger partial charge in [0.2, 0.25) is 11.8 Å². The lowest BCUT2D eigenvalue weighted by Crippen LogP contribution is -2.55. The monoisotopic (exact) mass is 471 g/mol. The molecule has 1 saturated heterocycles. The summed E-state index contributed by atoms with van der Waals surface area (Å²) in [5, 5.41) is 4.78. The number of aromatic amines is 1. The van der Waals surface area contributed by atoms with Crippen LogP contribution in [0.25, 0.3) is 21.8 Å². The molecule has 1 atom stereocenters. The third kappa shape index (κ3) is 4.95. The lowest BCUT2D eigenvalue weighted by Gasteiger charge is -2.36. The summed E-state index contributed by atoms with van der Waals surface area (Å²) in [4.78, 5) is 41.7. The van der Waals surface area contributed by atoms with Gasteiger partial charge in [-0.1, -0.05) is 30.3 Å². The Hall–Kier alpha value is -3.98. The molecule has 4 N–H and O–H groups in total. The maximum atomic E-state index is 13.4. The number of amides is 2. The number of carbonyl (C=O) groups excluding carboxylic acids is 2. The molecule has 4 aromatic rings. The normalized spacial score (nSPS) is 15.4. The molecule has 0 saturated carbocycles. The Morgan fingerprint density at radius 2 is 1.74 bits per heavy atom. The molecule has 0 radical (unpaired) electrons. The molecule has 0 bridgehead atoms. The zero-order valence-electron chi connectivity index (χ0n) is 19.7. The number of hydrogen-bond acceptors (Lipinski definition) is 6. The topological polar surface area (TPSA) is 120 Å². The first-order valence-corrected chi connectivity index (χ1v) is 11.8. The summed E-state index contributed by atoms with van der Waals surface area (Å²) >= 11 is 0. The summed E-state index contributed by atoms with van der Waals surface area (Å²) in [5.74, 6) is 0.885. The van der Waals surface area contributed by atoms with Crippen molar-refractivity contribution in [3.63, 3.8) is 0 Å². The molecule has 0 aliphatic carbocycles. The number of para-hydroxylation sites is 2. The van der Waals surface area contributed by atoms with Gasteiger partial charge in [-0.2, -0.15) is 0 Å². The van der Waals surface area contributed by atoms with Gasteiger partial charge >= 0.3 is 0 Å². The average Bonchev–Trinajstić information content (AvgIpc) is 3.26. The van der Waals surface area contributed by atoms with Crippen molar-refractivity contribution in [2.45, 2.75) is 25.9 Å². The highest BCUT2D eigenvalue weighted by atomic mass is 16.2. The number of rotatable bonds is 6. The Bertz CT molecular complexity index is 1370. The van der Waals surface area contributed by atoms with Gasteiger partial charge in [0.25, 0.3) is 0 Å². The van der Waals surface area contributed by atoms with Crippen LogP contribution in [0.3, 0.4) is 0 Å². The van der Waals surface area contributed by atoms with Crippen molar-refractivity contribution in [1.29, 1.82) is 0 Å². The number of anilines is 1. The second kappa shape index (κ2) is 9.71. The van der Waals surface area contributed by atoms with E-state index in [1.54, 1.807) is 0 Å². The van der Waals surface area contributed by atoms with Crippen LogP contribution in [0.15, 0.2) is 54.7 Å². The van der Waals surface area contributed by atoms with Gasteiger partial charge in [-0.3, -0.25) is 14.5 Å². The van der Waals surface area contributed by atoms with Gasteiger partial charge in [0.1, 0.15) is 17.7 Å². The molecule has 2 aromatic heterocycles. The van der Waals surface area contributed by atoms with Crippen molar-refractivity contribution in [3.05, 3.63) is 66.1 Å². The smallest absolute Gasteiger partial charge is 0.245 e. The van der Waals surface area contributed by atoms with Crippen LogP contribution in [0.1, 0.15) is 18.3 Å². The van der Waals surface area contributed by atoms with Crippen LogP contribution in [0.2, 0.25) is 0 Å². The standard InChI is InChI=1S/C26H29N7O2/c1-17(34)29-23(14-18-15-28-21-8-4-2-6-19(18)21)26(35)33-12-10-32(11-13-33)16-24-30-22-9-5-3-7-20(22)25(27)31-24/h2-9,15,23,28H,10-14,16H2,1H3,(H,29,34)(H2,27,30,31). The van der Waals surface area contributed by atoms with Crippen LogP contribution >= 0.6 is 0 Å². The number of fused-ring (bicyclic) bond motifs is 2. The molecule has 2 amide bonds. The summed E-state index contributed by atoms with van der Waals surface area (Å²) in [6.07, 6.45) is 2.35. The molecule has 9 heteroatoms. The Kier molecular flexibility index (Phi) is 6.33. The second-order valence-electron chi connectivity index (χ2n) is 8.96. The predicted molar refractivity (Wildman–Crippen MR) is 135 cm³/mol. The van der Waals surface area contributed by atoms with Crippen LogP contribution in [0.4, 0.5) is 5.82 Å². The quantitative estimate of drug-likeness (QED) is 0.396. The van der Waals surface area contributed by atoms with E-state index in [1.165, 1.54) is 6.92 Å². The van der Waals surface area contributed by atoms with Crippen molar-refractivity contribution in [2.24, 2.45) is 0 Å². The van der Waals surface area contributed by atoms with Gasteiger partial charge in [-0.15, -0.1) is 0 Å². The Morgan fingerprint density at radius 3 is 2.51 bits per heavy atom. The molecule has 9 nitrogen and oxygen atoms in total. The SMILES string of the molecule is CC(=O)NC(Cc1c[nH]c2ccccc12)C(=O)N1CCN(Cc2nc(N)c3ccccc3n2)CC1. The van der Waals surface area contributed by atoms with E-state index < -0.39 is 6.04 Å². The Balaban J connectivity index is 1.24. The predicted octanol–water partition coefficient (Wildman–Crippen LogP) is 2.08. The van der Waals surface area contributed by atoms with Crippen molar-refractivity contribution < 1.29 is 9.59 Å². The minimum Gasteiger partial charge on any atom is -0.383 e. The summed E-state index contributed by atoms with van der Waals surface area (Å²) in [7, 11) is 0. The zero-order valence-corrected chi connectivity index (χ0v) is 19.7. The lowest BCUT2D eigenvalue weighted by atomic mass is 10.0. The molecule has 180 valence electrons. The number of H-pyrrole nitrogens is 1. The molecule has 1 aliphatic rings.